The van der Waals surface area contributed by atoms with Gasteiger partial charge in [-0.05, 0) is 18.1 Å². The second-order valence-electron chi connectivity index (χ2n) is 5.22. The van der Waals surface area contributed by atoms with Gasteiger partial charge < -0.3 is 9.80 Å². The third-order valence-electron chi connectivity index (χ3n) is 3.98. The first-order valence-electron chi connectivity index (χ1n) is 6.86. The van der Waals surface area contributed by atoms with Gasteiger partial charge in [0.25, 0.3) is 0 Å². The highest BCUT2D eigenvalue weighted by Gasteiger charge is 2.25. The molecule has 4 nitrogen and oxygen atoms in total. The highest BCUT2D eigenvalue weighted by Crippen LogP contribution is 2.27. The molecule has 3 rings (SSSR count). The number of hydrogen-bond donors (Lipinski definition) is 0. The second-order valence-corrected chi connectivity index (χ2v) is 5.22. The maximum atomic E-state index is 12.2. The number of amides is 1. The number of hydrogen-bond acceptors (Lipinski definition) is 3. The van der Waals surface area contributed by atoms with Crippen LogP contribution in [0.5, 0.6) is 0 Å². The van der Waals surface area contributed by atoms with Gasteiger partial charge in [-0.1, -0.05) is 18.2 Å². The number of benzene rings is 1. The number of rotatable bonds is 2. The molecule has 19 heavy (non-hydrogen) atoms. The molecule has 0 bridgehead atoms. The Hall–Kier alpha value is -1.84. The van der Waals surface area contributed by atoms with Crippen molar-refractivity contribution >= 4 is 17.4 Å². The largest absolute Gasteiger partial charge is 0.362 e. The Labute approximate surface area is 113 Å². The molecule has 2 aliphatic rings. The summed E-state index contributed by atoms with van der Waals surface area (Å²) in [5, 5.41) is 0. The molecule has 0 atom stereocenters. The molecule has 1 fully saturated rings. The zero-order valence-corrected chi connectivity index (χ0v) is 11.0. The Morgan fingerprint density at radius 1 is 1.05 bits per heavy atom. The van der Waals surface area contributed by atoms with Gasteiger partial charge in [-0.3, -0.25) is 9.59 Å². The molecule has 1 saturated heterocycles. The molecule has 0 saturated carbocycles. The molecule has 2 aliphatic heterocycles. The number of likely N-dealkylation sites (tertiary alicyclic amines) is 1. The molecule has 4 heteroatoms. The summed E-state index contributed by atoms with van der Waals surface area (Å²) in [5.41, 5.74) is 2.51. The predicted molar refractivity (Wildman–Crippen MR) is 73.2 cm³/mol. The van der Waals surface area contributed by atoms with E-state index in [1.807, 2.05) is 17.0 Å². The first-order valence-corrected chi connectivity index (χ1v) is 6.86. The molecule has 1 aromatic rings. The Bertz CT molecular complexity index is 503. The third kappa shape index (κ3) is 2.48. The van der Waals surface area contributed by atoms with Gasteiger partial charge in [0.2, 0.25) is 5.91 Å². The quantitative estimate of drug-likeness (QED) is 0.801. The number of ketones is 1. The van der Waals surface area contributed by atoms with Crippen LogP contribution < -0.4 is 4.90 Å². The molecule has 2 heterocycles. The summed E-state index contributed by atoms with van der Waals surface area (Å²) in [4.78, 5) is 27.4. The lowest BCUT2D eigenvalue weighted by molar-refractivity contribution is -0.133. The zero-order chi connectivity index (χ0) is 13.2. The van der Waals surface area contributed by atoms with Crippen LogP contribution in [-0.4, -0.2) is 42.8 Å². The summed E-state index contributed by atoms with van der Waals surface area (Å²) < 4.78 is 0. The van der Waals surface area contributed by atoms with E-state index in [9.17, 15) is 9.59 Å². The van der Waals surface area contributed by atoms with Crippen molar-refractivity contribution in [3.63, 3.8) is 0 Å². The summed E-state index contributed by atoms with van der Waals surface area (Å²) in [6.07, 6.45) is 2.05. The fourth-order valence-corrected chi connectivity index (χ4v) is 2.84. The Morgan fingerprint density at radius 3 is 2.58 bits per heavy atom. The van der Waals surface area contributed by atoms with Crippen LogP contribution >= 0.6 is 0 Å². The van der Waals surface area contributed by atoms with Crippen LogP contribution in [0.15, 0.2) is 24.3 Å². The van der Waals surface area contributed by atoms with Crippen LogP contribution in [0.3, 0.4) is 0 Å². The van der Waals surface area contributed by atoms with E-state index in [1.165, 1.54) is 11.3 Å². The van der Waals surface area contributed by atoms with Crippen LogP contribution in [0.4, 0.5) is 5.69 Å². The van der Waals surface area contributed by atoms with Crippen molar-refractivity contribution in [2.75, 3.05) is 31.1 Å². The molecule has 0 N–H and O–H groups in total. The first-order chi connectivity index (χ1) is 9.24. The SMILES string of the molecule is O=C1CCN(C(=O)CN2CCc3ccccc32)CC1. The van der Waals surface area contributed by atoms with Crippen molar-refractivity contribution < 1.29 is 9.59 Å². The van der Waals surface area contributed by atoms with Gasteiger partial charge in [-0.15, -0.1) is 0 Å². The molecule has 0 aliphatic carbocycles. The van der Waals surface area contributed by atoms with Gasteiger partial charge in [0.05, 0.1) is 6.54 Å². The Balaban J connectivity index is 1.63. The number of para-hydroxylation sites is 1. The summed E-state index contributed by atoms with van der Waals surface area (Å²) in [6.45, 7) is 2.53. The average Bonchev–Trinajstić information content (AvgIpc) is 2.83. The fraction of sp³-hybridized carbons (Fsp3) is 0.467. The highest BCUT2D eigenvalue weighted by molar-refractivity contribution is 5.86. The topological polar surface area (TPSA) is 40.6 Å². The number of piperidine rings is 1. The monoisotopic (exact) mass is 258 g/mol. The number of anilines is 1. The van der Waals surface area contributed by atoms with E-state index >= 15 is 0 Å². The second kappa shape index (κ2) is 5.03. The molecule has 0 unspecified atom stereocenters. The van der Waals surface area contributed by atoms with Crippen molar-refractivity contribution in [3.05, 3.63) is 29.8 Å². The minimum absolute atomic E-state index is 0.143. The third-order valence-corrected chi connectivity index (χ3v) is 3.98. The van der Waals surface area contributed by atoms with E-state index in [1.54, 1.807) is 0 Å². The lowest BCUT2D eigenvalue weighted by Crippen LogP contribution is -2.44. The average molecular weight is 258 g/mol. The van der Waals surface area contributed by atoms with Crippen LogP contribution in [0.25, 0.3) is 0 Å². The molecule has 100 valence electrons. The lowest BCUT2D eigenvalue weighted by atomic mass is 10.1. The van der Waals surface area contributed by atoms with Crippen molar-refractivity contribution in [2.45, 2.75) is 19.3 Å². The van der Waals surface area contributed by atoms with Crippen LogP contribution in [0.1, 0.15) is 18.4 Å². The maximum absolute atomic E-state index is 12.2. The van der Waals surface area contributed by atoms with Crippen molar-refractivity contribution in [2.24, 2.45) is 0 Å². The van der Waals surface area contributed by atoms with E-state index in [0.717, 1.165) is 13.0 Å². The molecular weight excluding hydrogens is 240 g/mol. The smallest absolute Gasteiger partial charge is 0.242 e. The van der Waals surface area contributed by atoms with Gasteiger partial charge in [-0.25, -0.2) is 0 Å². The van der Waals surface area contributed by atoms with Crippen LogP contribution in [0.2, 0.25) is 0 Å². The number of carbonyl (C=O) groups excluding carboxylic acids is 2. The lowest BCUT2D eigenvalue weighted by Gasteiger charge is -2.28. The molecular formula is C15H18N2O2. The van der Waals surface area contributed by atoms with Crippen LogP contribution in [-0.2, 0) is 16.0 Å². The Morgan fingerprint density at radius 2 is 1.79 bits per heavy atom. The predicted octanol–water partition coefficient (Wildman–Crippen LogP) is 1.24. The van der Waals surface area contributed by atoms with E-state index in [0.29, 0.717) is 32.5 Å². The highest BCUT2D eigenvalue weighted by atomic mass is 16.2. The number of fused-ring (bicyclic) bond motifs is 1. The fourth-order valence-electron chi connectivity index (χ4n) is 2.84. The minimum atomic E-state index is 0.143. The normalized spacial score (nSPS) is 18.6. The standard InChI is InChI=1S/C15H18N2O2/c18-13-6-9-16(10-7-13)15(19)11-17-8-5-12-3-1-2-4-14(12)17/h1-4H,5-11H2. The number of carbonyl (C=O) groups is 2. The van der Waals surface area contributed by atoms with E-state index in [-0.39, 0.29) is 11.7 Å². The zero-order valence-electron chi connectivity index (χ0n) is 11.0. The molecule has 1 amide bonds. The summed E-state index contributed by atoms with van der Waals surface area (Å²) in [5.74, 6) is 0.416. The van der Waals surface area contributed by atoms with Crippen LogP contribution in [0, 0.1) is 0 Å². The van der Waals surface area contributed by atoms with Gasteiger partial charge in [0.15, 0.2) is 0 Å². The molecule has 0 spiro atoms. The Kier molecular flexibility index (Phi) is 3.23. The van der Waals surface area contributed by atoms with Gasteiger partial charge in [0, 0.05) is 38.2 Å². The molecule has 0 aromatic heterocycles. The number of Topliss-reactive ketones (excluding diaryl/α,β-unsaturated/α-hetero) is 1. The summed E-state index contributed by atoms with van der Waals surface area (Å²) in [7, 11) is 0. The van der Waals surface area contributed by atoms with Gasteiger partial charge in [0.1, 0.15) is 5.78 Å². The maximum Gasteiger partial charge on any atom is 0.242 e. The molecule has 0 radical (unpaired) electrons. The van der Waals surface area contributed by atoms with Gasteiger partial charge >= 0.3 is 0 Å². The van der Waals surface area contributed by atoms with E-state index < -0.39 is 0 Å². The van der Waals surface area contributed by atoms with E-state index in [2.05, 4.69) is 17.0 Å². The summed E-state index contributed by atoms with van der Waals surface area (Å²) in [6, 6.07) is 8.26. The minimum Gasteiger partial charge on any atom is -0.362 e. The summed E-state index contributed by atoms with van der Waals surface area (Å²) >= 11 is 0. The van der Waals surface area contributed by atoms with Crippen molar-refractivity contribution in [1.29, 1.82) is 0 Å². The van der Waals surface area contributed by atoms with Crippen molar-refractivity contribution in [3.8, 4) is 0 Å². The number of nitrogens with zero attached hydrogens (tertiary/aromatic N) is 2. The first kappa shape index (κ1) is 12.2. The molecule has 1 aromatic carbocycles. The van der Waals surface area contributed by atoms with Crippen molar-refractivity contribution in [1.82, 2.24) is 4.90 Å². The van der Waals surface area contributed by atoms with E-state index in [4.69, 9.17) is 0 Å². The van der Waals surface area contributed by atoms with Gasteiger partial charge in [-0.2, -0.15) is 0 Å².